The van der Waals surface area contributed by atoms with Gasteiger partial charge in [-0.2, -0.15) is 0 Å². The van der Waals surface area contributed by atoms with Crippen LogP contribution >= 0.6 is 0 Å². The Labute approximate surface area is 250 Å². The number of hydrogen-bond donors (Lipinski definition) is 2. The Hall–Kier alpha value is -3.16. The molecule has 1 aromatic heterocycles. The Morgan fingerprint density at radius 2 is 1.77 bits per heavy atom. The highest BCUT2D eigenvalue weighted by atomic mass is 32.2. The van der Waals surface area contributed by atoms with E-state index in [0.717, 1.165) is 31.2 Å². The number of ether oxygens (including phenoxy) is 3. The molecule has 2 N–H and O–H groups in total. The van der Waals surface area contributed by atoms with E-state index in [2.05, 4.69) is 9.97 Å². The second-order valence-electron chi connectivity index (χ2n) is 11.6. The molecule has 2 aliphatic heterocycles. The standard InChI is InChI=1S/C31H37N3O8S/c35-28(26(16-20-6-2-1-3-7-20)34(31(36)37)27-19-41-30-23(27)12-15-40-30)18-29(42-21-8-4-5-9-21)43(38,39)22-10-11-24-25(17-22)33-14-13-32-24/h1-3,6-7,10-11,13-14,17,21,23,26-30,35H,4-5,8-9,12,15-16,18-19H2,(H,36,37)/t23-,26-,27-,28+,29?,30+/m0/s1. The molecule has 2 saturated heterocycles. The lowest BCUT2D eigenvalue weighted by atomic mass is 9.92. The Morgan fingerprint density at radius 1 is 1.02 bits per heavy atom. The maximum Gasteiger partial charge on any atom is 0.407 e. The zero-order chi connectivity index (χ0) is 30.0. The van der Waals surface area contributed by atoms with Gasteiger partial charge in [0.15, 0.2) is 11.7 Å². The number of carbonyl (C=O) groups is 1. The van der Waals surface area contributed by atoms with Crippen LogP contribution in [0.1, 0.15) is 44.1 Å². The van der Waals surface area contributed by atoms with Crippen molar-refractivity contribution in [2.45, 2.75) is 85.9 Å². The smallest absolute Gasteiger partial charge is 0.407 e. The van der Waals surface area contributed by atoms with Crippen molar-refractivity contribution in [3.05, 3.63) is 66.5 Å². The summed E-state index contributed by atoms with van der Waals surface area (Å²) >= 11 is 0. The normalized spacial score (nSPS) is 24.5. The monoisotopic (exact) mass is 611 g/mol. The van der Waals surface area contributed by atoms with Crippen molar-refractivity contribution in [1.82, 2.24) is 14.9 Å². The zero-order valence-corrected chi connectivity index (χ0v) is 24.6. The highest BCUT2D eigenvalue weighted by molar-refractivity contribution is 7.92. The molecule has 1 amide bonds. The highest BCUT2D eigenvalue weighted by Crippen LogP contribution is 2.37. The molecule has 0 spiro atoms. The van der Waals surface area contributed by atoms with Gasteiger partial charge in [-0.1, -0.05) is 43.2 Å². The summed E-state index contributed by atoms with van der Waals surface area (Å²) in [5.41, 5.74) is 0.413. The van der Waals surface area contributed by atoms with Crippen molar-refractivity contribution in [1.29, 1.82) is 0 Å². The van der Waals surface area contributed by atoms with E-state index in [1.807, 2.05) is 30.3 Å². The molecule has 1 saturated carbocycles. The minimum Gasteiger partial charge on any atom is -0.465 e. The molecule has 3 heterocycles. The number of aliphatic hydroxyl groups is 1. The second-order valence-corrected chi connectivity index (χ2v) is 13.7. The molecule has 3 aliphatic rings. The van der Waals surface area contributed by atoms with Crippen molar-refractivity contribution in [2.75, 3.05) is 13.2 Å². The number of sulfone groups is 1. The Kier molecular flexibility index (Phi) is 8.92. The van der Waals surface area contributed by atoms with E-state index in [4.69, 9.17) is 14.2 Å². The van der Waals surface area contributed by atoms with Crippen LogP contribution in [0.3, 0.4) is 0 Å². The van der Waals surface area contributed by atoms with Crippen LogP contribution in [-0.4, -0.2) is 88.8 Å². The van der Waals surface area contributed by atoms with Crippen LogP contribution in [0.15, 0.2) is 65.8 Å². The number of amides is 1. The molecule has 1 aliphatic carbocycles. The topological polar surface area (TPSA) is 148 Å². The molecule has 12 heteroatoms. The van der Waals surface area contributed by atoms with Crippen LogP contribution in [-0.2, 0) is 30.5 Å². The minimum absolute atomic E-state index is 0.0144. The first-order valence-corrected chi connectivity index (χ1v) is 16.4. The Morgan fingerprint density at radius 3 is 2.51 bits per heavy atom. The lowest BCUT2D eigenvalue weighted by Crippen LogP contribution is -2.56. The van der Waals surface area contributed by atoms with Gasteiger partial charge in [-0.3, -0.25) is 14.9 Å². The number of fused-ring (bicyclic) bond motifs is 2. The summed E-state index contributed by atoms with van der Waals surface area (Å²) in [7, 11) is -4.12. The summed E-state index contributed by atoms with van der Waals surface area (Å²) in [5, 5.41) is 22.4. The molecule has 2 aromatic carbocycles. The van der Waals surface area contributed by atoms with E-state index in [0.29, 0.717) is 24.1 Å². The SMILES string of the molecule is O=C(O)N([C@H]1CO[C@H]2OCC[C@H]21)[C@@H](Cc1ccccc1)[C@H](O)CC(OC1CCCC1)S(=O)(=O)c1ccc2nccnc2c1. The van der Waals surface area contributed by atoms with E-state index < -0.39 is 45.8 Å². The van der Waals surface area contributed by atoms with Crippen LogP contribution in [0.4, 0.5) is 4.79 Å². The van der Waals surface area contributed by atoms with Crippen LogP contribution in [0.5, 0.6) is 0 Å². The maximum atomic E-state index is 14.1. The van der Waals surface area contributed by atoms with Gasteiger partial charge in [0, 0.05) is 24.7 Å². The molecule has 1 unspecified atom stereocenters. The van der Waals surface area contributed by atoms with Gasteiger partial charge in [0.25, 0.3) is 0 Å². The third-order valence-electron chi connectivity index (χ3n) is 8.87. The molecule has 11 nitrogen and oxygen atoms in total. The molecule has 6 atom stereocenters. The average Bonchev–Trinajstić information content (AvgIpc) is 3.77. The molecule has 43 heavy (non-hydrogen) atoms. The fraction of sp³-hybridized carbons (Fsp3) is 0.516. The van der Waals surface area contributed by atoms with Crippen LogP contribution < -0.4 is 0 Å². The average molecular weight is 612 g/mol. The van der Waals surface area contributed by atoms with E-state index in [1.54, 1.807) is 6.07 Å². The predicted molar refractivity (Wildman–Crippen MR) is 156 cm³/mol. The summed E-state index contributed by atoms with van der Waals surface area (Å²) in [6.45, 7) is 0.606. The lowest BCUT2D eigenvalue weighted by Gasteiger charge is -2.39. The number of benzene rings is 2. The van der Waals surface area contributed by atoms with E-state index in [9.17, 15) is 23.4 Å². The summed E-state index contributed by atoms with van der Waals surface area (Å²) < 4.78 is 46.0. The Balaban J connectivity index is 1.34. The molecular weight excluding hydrogens is 574 g/mol. The van der Waals surface area contributed by atoms with Gasteiger partial charge in [0.2, 0.25) is 9.84 Å². The highest BCUT2D eigenvalue weighted by Gasteiger charge is 2.49. The summed E-state index contributed by atoms with van der Waals surface area (Å²) in [6, 6.07) is 12.3. The summed E-state index contributed by atoms with van der Waals surface area (Å²) in [6.07, 6.45) is 3.54. The minimum atomic E-state index is -4.12. The van der Waals surface area contributed by atoms with Gasteiger partial charge < -0.3 is 24.4 Å². The van der Waals surface area contributed by atoms with Gasteiger partial charge in [0.05, 0.1) is 53.4 Å². The van der Waals surface area contributed by atoms with Gasteiger partial charge in [-0.15, -0.1) is 0 Å². The quantitative estimate of drug-likeness (QED) is 0.328. The number of carboxylic acid groups (broad SMARTS) is 1. The van der Waals surface area contributed by atoms with Crippen molar-refractivity contribution in [3.8, 4) is 0 Å². The molecule has 6 rings (SSSR count). The number of aliphatic hydroxyl groups excluding tert-OH is 1. The number of aromatic nitrogens is 2. The van der Waals surface area contributed by atoms with Crippen molar-refractivity contribution >= 4 is 27.0 Å². The van der Waals surface area contributed by atoms with Gasteiger partial charge in [-0.25, -0.2) is 13.2 Å². The van der Waals surface area contributed by atoms with E-state index >= 15 is 0 Å². The van der Waals surface area contributed by atoms with E-state index in [1.165, 1.54) is 29.4 Å². The Bertz CT molecular complexity index is 1520. The second kappa shape index (κ2) is 12.8. The molecular formula is C31H37N3O8S. The van der Waals surface area contributed by atoms with Crippen LogP contribution in [0, 0.1) is 5.92 Å². The van der Waals surface area contributed by atoms with Crippen molar-refractivity contribution in [3.63, 3.8) is 0 Å². The van der Waals surface area contributed by atoms with E-state index in [-0.39, 0.29) is 36.4 Å². The zero-order valence-electron chi connectivity index (χ0n) is 23.8. The first-order valence-electron chi connectivity index (χ1n) is 14.9. The van der Waals surface area contributed by atoms with Crippen molar-refractivity contribution < 1.29 is 37.6 Å². The first kappa shape index (κ1) is 29.9. The van der Waals surface area contributed by atoms with Gasteiger partial charge in [-0.05, 0) is 49.4 Å². The van der Waals surface area contributed by atoms with Crippen LogP contribution in [0.2, 0.25) is 0 Å². The summed E-state index contributed by atoms with van der Waals surface area (Å²) in [5.74, 6) is -0.172. The van der Waals surface area contributed by atoms with Crippen molar-refractivity contribution in [2.24, 2.45) is 5.92 Å². The third kappa shape index (κ3) is 6.39. The number of rotatable bonds is 11. The fourth-order valence-corrected chi connectivity index (χ4v) is 8.25. The largest absolute Gasteiger partial charge is 0.465 e. The van der Waals surface area contributed by atoms with Gasteiger partial charge in [0.1, 0.15) is 0 Å². The van der Waals surface area contributed by atoms with Gasteiger partial charge >= 0.3 is 6.09 Å². The van der Waals surface area contributed by atoms with Crippen LogP contribution in [0.25, 0.3) is 11.0 Å². The first-order chi connectivity index (χ1) is 20.8. The molecule has 0 radical (unpaired) electrons. The molecule has 0 bridgehead atoms. The molecule has 230 valence electrons. The lowest BCUT2D eigenvalue weighted by molar-refractivity contribution is -0.0907. The number of nitrogens with zero attached hydrogens (tertiary/aromatic N) is 3. The molecule has 3 aromatic rings. The summed E-state index contributed by atoms with van der Waals surface area (Å²) in [4.78, 5) is 22.6. The third-order valence-corrected chi connectivity index (χ3v) is 10.8. The maximum absolute atomic E-state index is 14.1. The fourth-order valence-electron chi connectivity index (χ4n) is 6.65. The number of hydrogen-bond acceptors (Lipinski definition) is 9. The molecule has 3 fully saturated rings. The predicted octanol–water partition coefficient (Wildman–Crippen LogP) is 3.79.